The number of unbranched alkanes of at least 4 members (excludes halogenated alkanes) is 4. The van der Waals surface area contributed by atoms with E-state index in [2.05, 4.69) is 79.9 Å². The molecule has 3 atom stereocenters. The van der Waals surface area contributed by atoms with E-state index in [4.69, 9.17) is 14.8 Å². The molecule has 0 radical (unpaired) electrons. The topological polar surface area (TPSA) is 131 Å². The SMILES string of the molecule is CC/C=C\C/C=C\C/C=C\C/C=C\CCC(=O)NC(COP(=O)(O)OCCN)C(O)/C=C/CC/C=C/CC/C=C/CCCC. The number of rotatable bonds is 28. The summed E-state index contributed by atoms with van der Waals surface area (Å²) < 4.78 is 21.9. The molecule has 0 aliphatic rings. The second-order valence-electron chi connectivity index (χ2n) is 10.3. The van der Waals surface area contributed by atoms with Gasteiger partial charge in [0.25, 0.3) is 0 Å². The fraction of sp³-hybridized carbons (Fsp3) is 0.571. The maximum atomic E-state index is 12.6. The Morgan fingerprint density at radius 1 is 0.773 bits per heavy atom. The third-order valence-corrected chi connectivity index (χ3v) is 7.18. The van der Waals surface area contributed by atoms with Gasteiger partial charge in [0.2, 0.25) is 5.91 Å². The molecule has 0 heterocycles. The van der Waals surface area contributed by atoms with Crippen molar-refractivity contribution in [3.8, 4) is 0 Å². The lowest BCUT2D eigenvalue weighted by Crippen LogP contribution is -2.45. The second kappa shape index (κ2) is 30.7. The molecule has 0 bridgehead atoms. The van der Waals surface area contributed by atoms with E-state index < -0.39 is 26.6 Å². The molecule has 44 heavy (non-hydrogen) atoms. The summed E-state index contributed by atoms with van der Waals surface area (Å²) in [5.41, 5.74) is 5.32. The van der Waals surface area contributed by atoms with Crippen molar-refractivity contribution in [3.05, 3.63) is 85.1 Å². The van der Waals surface area contributed by atoms with Crippen LogP contribution in [0.25, 0.3) is 0 Å². The fourth-order valence-electron chi connectivity index (χ4n) is 3.74. The lowest BCUT2D eigenvalue weighted by atomic mass is 10.1. The maximum Gasteiger partial charge on any atom is 0.472 e. The normalized spacial score (nSPS) is 15.7. The number of aliphatic hydroxyl groups is 1. The van der Waals surface area contributed by atoms with Crippen LogP contribution >= 0.6 is 7.82 Å². The molecule has 0 aromatic carbocycles. The number of phosphoric acid groups is 1. The predicted octanol–water partition coefficient (Wildman–Crippen LogP) is 7.93. The molecule has 250 valence electrons. The minimum absolute atomic E-state index is 0.0564. The van der Waals surface area contributed by atoms with Gasteiger partial charge in [0.1, 0.15) is 0 Å². The van der Waals surface area contributed by atoms with Gasteiger partial charge in [0.05, 0.1) is 25.4 Å². The third-order valence-electron chi connectivity index (χ3n) is 6.20. The Morgan fingerprint density at radius 3 is 1.86 bits per heavy atom. The minimum atomic E-state index is -4.36. The first-order chi connectivity index (χ1) is 21.4. The number of carbonyl (C=O) groups excluding carboxylic acids is 1. The molecule has 0 aromatic heterocycles. The number of hydrogen-bond acceptors (Lipinski definition) is 6. The van der Waals surface area contributed by atoms with Crippen LogP contribution in [0.5, 0.6) is 0 Å². The molecular formula is C35H59N2O6P. The van der Waals surface area contributed by atoms with Gasteiger partial charge in [0.15, 0.2) is 0 Å². The van der Waals surface area contributed by atoms with Gasteiger partial charge in [-0.05, 0) is 64.2 Å². The molecule has 8 nitrogen and oxygen atoms in total. The van der Waals surface area contributed by atoms with Crippen molar-refractivity contribution < 1.29 is 28.4 Å². The number of carbonyl (C=O) groups is 1. The van der Waals surface area contributed by atoms with Crippen LogP contribution in [-0.2, 0) is 18.4 Å². The zero-order valence-corrected chi connectivity index (χ0v) is 28.0. The van der Waals surface area contributed by atoms with Gasteiger partial charge in [-0.25, -0.2) is 4.57 Å². The molecule has 3 unspecified atom stereocenters. The van der Waals surface area contributed by atoms with Crippen LogP contribution in [0.15, 0.2) is 85.1 Å². The Morgan fingerprint density at radius 2 is 1.30 bits per heavy atom. The molecule has 1 amide bonds. The van der Waals surface area contributed by atoms with Gasteiger partial charge >= 0.3 is 7.82 Å². The van der Waals surface area contributed by atoms with Crippen LogP contribution in [-0.4, -0.2) is 47.8 Å². The highest BCUT2D eigenvalue weighted by atomic mass is 31.2. The third kappa shape index (κ3) is 28.5. The summed E-state index contributed by atoms with van der Waals surface area (Å²) in [6, 6.07) is -0.923. The summed E-state index contributed by atoms with van der Waals surface area (Å²) in [6.45, 7) is 3.82. The summed E-state index contributed by atoms with van der Waals surface area (Å²) in [4.78, 5) is 22.4. The first kappa shape index (κ1) is 41.7. The van der Waals surface area contributed by atoms with E-state index in [1.807, 2.05) is 18.2 Å². The quantitative estimate of drug-likeness (QED) is 0.0390. The van der Waals surface area contributed by atoms with Crippen molar-refractivity contribution in [3.63, 3.8) is 0 Å². The molecule has 9 heteroatoms. The van der Waals surface area contributed by atoms with E-state index >= 15 is 0 Å². The molecule has 0 aliphatic heterocycles. The van der Waals surface area contributed by atoms with Gasteiger partial charge in [0, 0.05) is 13.0 Å². The van der Waals surface area contributed by atoms with Crippen molar-refractivity contribution in [2.24, 2.45) is 5.73 Å². The number of aliphatic hydroxyl groups excluding tert-OH is 1. The van der Waals surface area contributed by atoms with Gasteiger partial charge in [-0.2, -0.15) is 0 Å². The Kier molecular flexibility index (Phi) is 29.1. The number of hydrogen-bond donors (Lipinski definition) is 4. The summed E-state index contributed by atoms with van der Waals surface area (Å²) in [5.74, 6) is -0.296. The van der Waals surface area contributed by atoms with Crippen molar-refractivity contribution in [2.75, 3.05) is 19.8 Å². The molecule has 0 saturated heterocycles. The van der Waals surface area contributed by atoms with Crippen LogP contribution in [0.4, 0.5) is 0 Å². The Hall–Kier alpha value is -2.32. The van der Waals surface area contributed by atoms with Gasteiger partial charge in [-0.3, -0.25) is 13.8 Å². The predicted molar refractivity (Wildman–Crippen MR) is 184 cm³/mol. The molecule has 0 aliphatic carbocycles. The van der Waals surface area contributed by atoms with Crippen molar-refractivity contribution >= 4 is 13.7 Å². The van der Waals surface area contributed by atoms with Crippen LogP contribution in [0.3, 0.4) is 0 Å². The Labute approximate surface area is 267 Å². The average Bonchev–Trinajstić information content (AvgIpc) is 3.01. The van der Waals surface area contributed by atoms with Crippen LogP contribution in [0, 0.1) is 0 Å². The first-order valence-corrected chi connectivity index (χ1v) is 17.7. The number of nitrogens with one attached hydrogen (secondary N) is 1. The molecule has 0 aromatic rings. The summed E-state index contributed by atoms with van der Waals surface area (Å²) in [7, 11) is -4.36. The molecule has 0 spiro atoms. The maximum absolute atomic E-state index is 12.6. The molecule has 0 rings (SSSR count). The minimum Gasteiger partial charge on any atom is -0.387 e. The van der Waals surface area contributed by atoms with E-state index in [0.717, 1.165) is 51.4 Å². The van der Waals surface area contributed by atoms with E-state index in [-0.39, 0.29) is 25.5 Å². The van der Waals surface area contributed by atoms with Gasteiger partial charge < -0.3 is 21.1 Å². The van der Waals surface area contributed by atoms with E-state index in [9.17, 15) is 19.4 Å². The van der Waals surface area contributed by atoms with E-state index in [0.29, 0.717) is 12.8 Å². The largest absolute Gasteiger partial charge is 0.472 e. The van der Waals surface area contributed by atoms with Crippen LogP contribution < -0.4 is 11.1 Å². The summed E-state index contributed by atoms with van der Waals surface area (Å²) in [6.07, 6.45) is 39.4. The molecular weight excluding hydrogens is 575 g/mol. The zero-order valence-electron chi connectivity index (χ0n) is 27.1. The van der Waals surface area contributed by atoms with Crippen molar-refractivity contribution in [1.29, 1.82) is 0 Å². The first-order valence-electron chi connectivity index (χ1n) is 16.2. The fourth-order valence-corrected chi connectivity index (χ4v) is 4.50. The molecule has 0 saturated carbocycles. The Bertz CT molecular complexity index is 955. The number of amides is 1. The van der Waals surface area contributed by atoms with E-state index in [1.165, 1.54) is 12.8 Å². The van der Waals surface area contributed by atoms with Crippen molar-refractivity contribution in [1.82, 2.24) is 5.32 Å². The number of allylic oxidation sites excluding steroid dienone is 13. The smallest absolute Gasteiger partial charge is 0.387 e. The second-order valence-corrected chi connectivity index (χ2v) is 11.7. The number of nitrogens with two attached hydrogens (primary N) is 1. The lowest BCUT2D eigenvalue weighted by molar-refractivity contribution is -0.122. The number of phosphoric ester groups is 1. The summed E-state index contributed by atoms with van der Waals surface area (Å²) in [5, 5.41) is 13.4. The summed E-state index contributed by atoms with van der Waals surface area (Å²) >= 11 is 0. The van der Waals surface area contributed by atoms with E-state index in [1.54, 1.807) is 6.08 Å². The van der Waals surface area contributed by atoms with Crippen LogP contribution in [0.2, 0.25) is 0 Å². The van der Waals surface area contributed by atoms with Crippen LogP contribution in [0.1, 0.15) is 97.3 Å². The zero-order chi connectivity index (χ0) is 32.6. The monoisotopic (exact) mass is 634 g/mol. The Balaban J connectivity index is 4.66. The highest BCUT2D eigenvalue weighted by molar-refractivity contribution is 7.47. The standard InChI is InChI=1S/C35H59N2O6P/c1-3-5-7-9-11-13-15-17-19-21-23-25-27-29-35(39)37-33(32-43-44(40,41)42-31-30-36)34(38)28-26-24-22-20-18-16-14-12-10-8-6-4-2/h5,7,10-13,17-20,23,25-26,28,33-34,38H,3-4,6,8-9,14-16,21-22,24,27,29-32,36H2,1-2H3,(H,37,39)(H,40,41)/b7-5-,12-10+,13-11-,19-17-,20-18+,25-23-,28-26+. The van der Waals surface area contributed by atoms with Crippen molar-refractivity contribution in [2.45, 2.75) is 109 Å². The average molecular weight is 635 g/mol. The van der Waals surface area contributed by atoms with Gasteiger partial charge in [-0.15, -0.1) is 0 Å². The molecule has 0 fully saturated rings. The lowest BCUT2D eigenvalue weighted by Gasteiger charge is -2.23. The molecule has 5 N–H and O–H groups in total. The van der Waals surface area contributed by atoms with Gasteiger partial charge in [-0.1, -0.05) is 112 Å². The highest BCUT2D eigenvalue weighted by Crippen LogP contribution is 2.43. The highest BCUT2D eigenvalue weighted by Gasteiger charge is 2.26.